The standard InChI is InChI=1S/C22H30N2OS/c1-21(2,3)16-8-6-7-15-13-17(26-18(15)16)20(25)23-19-14-9-11-24(12-10-14)22(19,4)5/h6-8,13-14,19H,9-12H2,1-5H3,(H,23,25)/t19-/m0/s1. The maximum absolute atomic E-state index is 13.1. The molecule has 0 aliphatic carbocycles. The van der Waals surface area contributed by atoms with Crippen LogP contribution in [0.3, 0.4) is 0 Å². The van der Waals surface area contributed by atoms with Crippen molar-refractivity contribution in [1.29, 1.82) is 0 Å². The second-order valence-corrected chi connectivity index (χ2v) is 10.6. The van der Waals surface area contributed by atoms with E-state index in [4.69, 9.17) is 0 Å². The number of fused-ring (bicyclic) bond motifs is 4. The molecule has 3 fully saturated rings. The number of piperidine rings is 3. The molecule has 0 unspecified atom stereocenters. The molecule has 5 rings (SSSR count). The lowest BCUT2D eigenvalue weighted by atomic mass is 9.72. The number of nitrogens with zero attached hydrogens (tertiary/aromatic N) is 1. The van der Waals surface area contributed by atoms with Crippen LogP contribution in [0.15, 0.2) is 24.3 Å². The van der Waals surface area contributed by atoms with Gasteiger partial charge in [-0.1, -0.05) is 39.0 Å². The summed E-state index contributed by atoms with van der Waals surface area (Å²) in [6, 6.07) is 8.73. The van der Waals surface area contributed by atoms with Gasteiger partial charge in [-0.25, -0.2) is 0 Å². The van der Waals surface area contributed by atoms with E-state index in [0.717, 1.165) is 4.88 Å². The molecule has 1 aromatic carbocycles. The maximum Gasteiger partial charge on any atom is 0.261 e. The van der Waals surface area contributed by atoms with E-state index in [2.05, 4.69) is 69.1 Å². The molecule has 140 valence electrons. The van der Waals surface area contributed by atoms with Gasteiger partial charge in [0.15, 0.2) is 0 Å². The first-order chi connectivity index (χ1) is 12.2. The highest BCUT2D eigenvalue weighted by Gasteiger charge is 2.48. The van der Waals surface area contributed by atoms with E-state index in [1.165, 1.54) is 41.6 Å². The summed E-state index contributed by atoms with van der Waals surface area (Å²) in [6.45, 7) is 13.6. The summed E-state index contributed by atoms with van der Waals surface area (Å²) in [7, 11) is 0. The van der Waals surface area contributed by atoms with Crippen LogP contribution in [-0.4, -0.2) is 35.5 Å². The normalized spacial score (nSPS) is 27.7. The SMILES string of the molecule is CC(C)(C)c1cccc2cc(C(=O)N[C@H]3C4CCN(CC4)C3(C)C)sc12. The van der Waals surface area contributed by atoms with Gasteiger partial charge in [-0.2, -0.15) is 0 Å². The fourth-order valence-corrected chi connectivity index (χ4v) is 6.14. The maximum atomic E-state index is 13.1. The molecule has 4 heterocycles. The van der Waals surface area contributed by atoms with Gasteiger partial charge in [0.25, 0.3) is 5.91 Å². The molecule has 0 spiro atoms. The highest BCUT2D eigenvalue weighted by Crippen LogP contribution is 2.40. The van der Waals surface area contributed by atoms with Crippen molar-refractivity contribution in [3.05, 3.63) is 34.7 Å². The summed E-state index contributed by atoms with van der Waals surface area (Å²) >= 11 is 1.64. The van der Waals surface area contributed by atoms with E-state index in [0.29, 0.717) is 5.92 Å². The van der Waals surface area contributed by atoms with Gasteiger partial charge in [-0.05, 0) is 68.1 Å². The highest BCUT2D eigenvalue weighted by atomic mass is 32.1. The Hall–Kier alpha value is -1.39. The number of nitrogens with one attached hydrogen (secondary N) is 1. The van der Waals surface area contributed by atoms with Crippen molar-refractivity contribution in [3.8, 4) is 0 Å². The number of rotatable bonds is 2. The predicted octanol–water partition coefficient (Wildman–Crippen LogP) is 4.80. The molecule has 26 heavy (non-hydrogen) atoms. The first-order valence-corrected chi connectivity index (χ1v) is 10.6. The molecule has 1 atom stereocenters. The summed E-state index contributed by atoms with van der Waals surface area (Å²) in [5.41, 5.74) is 1.45. The molecule has 2 aromatic rings. The molecule has 2 bridgehead atoms. The number of hydrogen-bond donors (Lipinski definition) is 1. The van der Waals surface area contributed by atoms with Crippen molar-refractivity contribution < 1.29 is 4.79 Å². The fourth-order valence-electron chi connectivity index (χ4n) is 4.86. The zero-order valence-electron chi connectivity index (χ0n) is 16.6. The van der Waals surface area contributed by atoms with Crippen molar-refractivity contribution in [3.63, 3.8) is 0 Å². The van der Waals surface area contributed by atoms with Crippen LogP contribution >= 0.6 is 11.3 Å². The van der Waals surface area contributed by atoms with Crippen LogP contribution in [-0.2, 0) is 5.41 Å². The Morgan fingerprint density at radius 2 is 1.92 bits per heavy atom. The number of benzene rings is 1. The van der Waals surface area contributed by atoms with Crippen molar-refractivity contribution >= 4 is 27.3 Å². The average molecular weight is 371 g/mol. The summed E-state index contributed by atoms with van der Waals surface area (Å²) in [6.07, 6.45) is 2.41. The Balaban J connectivity index is 1.63. The molecule has 3 saturated heterocycles. The first-order valence-electron chi connectivity index (χ1n) is 9.77. The third-order valence-corrected chi connectivity index (χ3v) is 7.63. The van der Waals surface area contributed by atoms with Crippen LogP contribution in [0.5, 0.6) is 0 Å². The molecular weight excluding hydrogens is 340 g/mol. The minimum atomic E-state index is 0.0457. The Morgan fingerprint density at radius 1 is 1.23 bits per heavy atom. The zero-order chi connectivity index (χ0) is 18.7. The summed E-state index contributed by atoms with van der Waals surface area (Å²) < 4.78 is 1.25. The van der Waals surface area contributed by atoms with Crippen LogP contribution in [0, 0.1) is 5.92 Å². The molecular formula is C22H30N2OS. The van der Waals surface area contributed by atoms with E-state index in [1.54, 1.807) is 11.3 Å². The van der Waals surface area contributed by atoms with Gasteiger partial charge in [0, 0.05) is 16.3 Å². The number of carbonyl (C=O) groups excluding carboxylic acids is 1. The Bertz CT molecular complexity index is 837. The minimum Gasteiger partial charge on any atom is -0.346 e. The lowest BCUT2D eigenvalue weighted by Crippen LogP contribution is -2.69. The van der Waals surface area contributed by atoms with E-state index in [-0.39, 0.29) is 22.9 Å². The van der Waals surface area contributed by atoms with Gasteiger partial charge in [0.1, 0.15) is 0 Å². The van der Waals surface area contributed by atoms with E-state index >= 15 is 0 Å². The third kappa shape index (κ3) is 2.87. The molecule has 0 saturated carbocycles. The second kappa shape index (κ2) is 6.07. The van der Waals surface area contributed by atoms with Gasteiger partial charge in [0.05, 0.1) is 4.88 Å². The second-order valence-electron chi connectivity index (χ2n) is 9.51. The minimum absolute atomic E-state index is 0.0457. The van der Waals surface area contributed by atoms with Crippen LogP contribution in [0.1, 0.15) is 62.7 Å². The smallest absolute Gasteiger partial charge is 0.261 e. The van der Waals surface area contributed by atoms with Gasteiger partial charge >= 0.3 is 0 Å². The van der Waals surface area contributed by atoms with Crippen molar-refractivity contribution in [2.75, 3.05) is 13.1 Å². The van der Waals surface area contributed by atoms with Crippen LogP contribution in [0.2, 0.25) is 0 Å². The summed E-state index contributed by atoms with van der Waals surface area (Å²) in [4.78, 5) is 16.5. The van der Waals surface area contributed by atoms with Crippen LogP contribution in [0.4, 0.5) is 0 Å². The average Bonchev–Trinajstić information content (AvgIpc) is 3.01. The lowest BCUT2D eigenvalue weighted by molar-refractivity contribution is -0.0377. The summed E-state index contributed by atoms with van der Waals surface area (Å²) in [5, 5.41) is 4.59. The first kappa shape index (κ1) is 18.0. The monoisotopic (exact) mass is 370 g/mol. The van der Waals surface area contributed by atoms with Crippen LogP contribution in [0.25, 0.3) is 10.1 Å². The van der Waals surface area contributed by atoms with E-state index < -0.39 is 0 Å². The molecule has 3 nitrogen and oxygen atoms in total. The fraction of sp³-hybridized carbons (Fsp3) is 0.591. The van der Waals surface area contributed by atoms with Crippen molar-refractivity contribution in [2.45, 2.75) is 64.5 Å². The third-order valence-electron chi connectivity index (χ3n) is 6.45. The molecule has 4 heteroatoms. The topological polar surface area (TPSA) is 32.3 Å². The molecule has 3 aliphatic heterocycles. The number of carbonyl (C=O) groups is 1. The number of amides is 1. The van der Waals surface area contributed by atoms with Crippen LogP contribution < -0.4 is 5.32 Å². The molecule has 0 radical (unpaired) electrons. The zero-order valence-corrected chi connectivity index (χ0v) is 17.4. The Kier molecular flexibility index (Phi) is 4.20. The van der Waals surface area contributed by atoms with Gasteiger partial charge in [-0.15, -0.1) is 11.3 Å². The molecule has 3 aliphatic rings. The van der Waals surface area contributed by atoms with Gasteiger partial charge in [-0.3, -0.25) is 9.69 Å². The Labute approximate surface area is 160 Å². The van der Waals surface area contributed by atoms with Gasteiger partial charge in [0.2, 0.25) is 0 Å². The molecule has 1 N–H and O–H groups in total. The quantitative estimate of drug-likeness (QED) is 0.823. The lowest BCUT2D eigenvalue weighted by Gasteiger charge is -2.56. The van der Waals surface area contributed by atoms with Crippen molar-refractivity contribution in [1.82, 2.24) is 10.2 Å². The highest BCUT2D eigenvalue weighted by molar-refractivity contribution is 7.21. The number of thiophene rings is 1. The Morgan fingerprint density at radius 3 is 2.54 bits per heavy atom. The number of hydrogen-bond acceptors (Lipinski definition) is 3. The van der Waals surface area contributed by atoms with E-state index in [1.807, 2.05) is 0 Å². The summed E-state index contributed by atoms with van der Waals surface area (Å²) in [5.74, 6) is 0.705. The molecule has 1 aromatic heterocycles. The predicted molar refractivity (Wildman–Crippen MR) is 110 cm³/mol. The molecule has 1 amide bonds. The van der Waals surface area contributed by atoms with E-state index in [9.17, 15) is 4.79 Å². The van der Waals surface area contributed by atoms with Crippen molar-refractivity contribution in [2.24, 2.45) is 5.92 Å². The largest absolute Gasteiger partial charge is 0.346 e. The van der Waals surface area contributed by atoms with Gasteiger partial charge < -0.3 is 5.32 Å².